The lowest BCUT2D eigenvalue weighted by Crippen LogP contribution is -1.98. The van der Waals surface area contributed by atoms with Gasteiger partial charge in [-0.2, -0.15) is 0 Å². The lowest BCUT2D eigenvalue weighted by Gasteiger charge is -1.74. The first kappa shape index (κ1) is 15.8. The third kappa shape index (κ3) is 32.3. The molecule has 4 radical (unpaired) electrons. The summed E-state index contributed by atoms with van der Waals surface area (Å²) in [4.78, 5) is 0. The van der Waals surface area contributed by atoms with Crippen molar-refractivity contribution < 1.29 is 0 Å². The maximum atomic E-state index is 6.50. The second-order valence-electron chi connectivity index (χ2n) is 0.836. The summed E-state index contributed by atoms with van der Waals surface area (Å²) in [6, 6.07) is 0. The zero-order chi connectivity index (χ0) is 6.12. The van der Waals surface area contributed by atoms with Gasteiger partial charge in [-0.1, -0.05) is 13.2 Å². The molecule has 0 aliphatic rings. The molecule has 40 valence electrons. The lowest BCUT2D eigenvalue weighted by molar-refractivity contribution is 1.47. The van der Waals surface area contributed by atoms with Crippen LogP contribution in [0.3, 0.4) is 0 Å². The largest absolute Gasteiger partial charge is 0.202 e. The summed E-state index contributed by atoms with van der Waals surface area (Å²) in [6.07, 6.45) is 1.04. The Kier molecular flexibility index (Phi) is 51.6. The van der Waals surface area contributed by atoms with Gasteiger partial charge in [0.1, 0.15) is 0 Å². The Balaban J connectivity index is -0.0000000750. The Morgan fingerprint density at radius 3 is 2.00 bits per heavy atom. The second kappa shape index (κ2) is 26.2. The van der Waals surface area contributed by atoms with Gasteiger partial charge < -0.3 is 0 Å². The fraction of sp³-hybridized carbons (Fsp3) is 0.667. The van der Waals surface area contributed by atoms with Crippen molar-refractivity contribution in [3.63, 3.8) is 0 Å². The number of hydrogen-bond donors (Lipinski definition) is 0. The van der Waals surface area contributed by atoms with E-state index in [0.29, 0.717) is 0 Å². The zero-order valence-corrected chi connectivity index (χ0v) is 7.20. The smallest absolute Gasteiger partial charge is 0.0541 e. The van der Waals surface area contributed by atoms with Crippen molar-refractivity contribution in [2.45, 2.75) is 13.2 Å². The van der Waals surface area contributed by atoms with Crippen molar-refractivity contribution in [2.75, 3.05) is 0 Å². The van der Waals surface area contributed by atoms with E-state index in [1.165, 1.54) is 0 Å². The summed E-state index contributed by atoms with van der Waals surface area (Å²) in [7, 11) is 8.42. The Morgan fingerprint density at radius 2 is 2.00 bits per heavy atom. The van der Waals surface area contributed by atoms with E-state index >= 15 is 0 Å². The van der Waals surface area contributed by atoms with Crippen molar-refractivity contribution >= 4 is 45.9 Å². The molecule has 0 fully saturated rings. The Hall–Kier alpha value is 0.415. The fourth-order valence-electron chi connectivity index (χ4n) is 0.136. The molecule has 0 aromatic rings. The van der Waals surface area contributed by atoms with Crippen LogP contribution < -0.4 is 0 Å². The summed E-state index contributed by atoms with van der Waals surface area (Å²) >= 11 is 0. The van der Waals surface area contributed by atoms with E-state index < -0.39 is 0 Å². The molecule has 0 saturated carbocycles. The van der Waals surface area contributed by atoms with Gasteiger partial charge in [0.25, 0.3) is 0 Å². The maximum Gasteiger partial charge on any atom is 0.0541 e. The van der Waals surface area contributed by atoms with Crippen LogP contribution in [0, 0.1) is 11.8 Å². The molecular weight excluding hydrogens is 209 g/mol. The molecule has 0 aliphatic heterocycles. The Bertz CT molecular complexity index is 38.8. The van der Waals surface area contributed by atoms with Gasteiger partial charge in [0.05, 0.1) is 7.17 Å². The highest BCUT2D eigenvalue weighted by Crippen LogP contribution is 1.63. The van der Waals surface area contributed by atoms with Crippen LogP contribution >= 0.6 is 24.0 Å². The average Bonchev–Trinajstić information content (AvgIpc) is 1.75. The van der Waals surface area contributed by atoms with Crippen molar-refractivity contribution in [2.24, 2.45) is 0 Å². The van der Waals surface area contributed by atoms with Crippen LogP contribution in [0.15, 0.2) is 0 Å². The van der Waals surface area contributed by atoms with Crippen molar-refractivity contribution in [1.29, 1.82) is 5.26 Å². The van der Waals surface area contributed by atoms with Gasteiger partial charge in [0.15, 0.2) is 0 Å². The first-order chi connectivity index (χ1) is 3.41. The number of hydrogen-bond acceptors (Lipinski definition) is 1. The molecule has 0 aliphatic carbocycles. The molecule has 0 rings (SSSR count). The van der Waals surface area contributed by atoms with Crippen LogP contribution in [0.25, 0.3) is 0 Å². The third-order valence-electron chi connectivity index (χ3n) is 0.372. The molecule has 0 amide bonds. The maximum absolute atomic E-state index is 6.50. The summed E-state index contributed by atoms with van der Waals surface area (Å²) in [5.74, 6) is 0. The molecule has 0 N–H and O–H groups in total. The minimum atomic E-state index is 0. The van der Waals surface area contributed by atoms with Crippen LogP contribution in [0.5, 0.6) is 0 Å². The average molecular weight is 216 g/mol. The van der Waals surface area contributed by atoms with E-state index in [9.17, 15) is 0 Å². The molecule has 0 aromatic heterocycles. The van der Waals surface area contributed by atoms with Crippen molar-refractivity contribution in [3.05, 3.63) is 0 Å². The summed E-state index contributed by atoms with van der Waals surface area (Å²) < 4.78 is 0. The van der Waals surface area contributed by atoms with Crippen LogP contribution in [0.4, 0.5) is 0 Å². The highest BCUT2D eigenvalue weighted by atomic mass is 127. The van der Waals surface area contributed by atoms with Gasteiger partial charge in [0.2, 0.25) is 0 Å². The van der Waals surface area contributed by atoms with E-state index in [-0.39, 0.29) is 24.0 Å². The number of halogens is 1. The van der Waals surface area contributed by atoms with Gasteiger partial charge in [-0.3, -0.25) is 0 Å². The van der Waals surface area contributed by atoms with Gasteiger partial charge >= 0.3 is 0 Å². The van der Waals surface area contributed by atoms with Gasteiger partial charge in [-0.25, -0.2) is 5.26 Å². The van der Waals surface area contributed by atoms with Crippen LogP contribution in [0.1, 0.15) is 6.92 Å². The normalized spacial score (nSPS) is 4.38. The summed E-state index contributed by atoms with van der Waals surface area (Å²) in [5, 5.41) is 6.50. The monoisotopic (exact) mass is 217 g/mol. The van der Waals surface area contributed by atoms with Crippen molar-refractivity contribution in [3.8, 4) is 6.57 Å². The molecule has 0 bridgehead atoms. The molecular formula is C3H7B3IN. The van der Waals surface area contributed by atoms with Crippen molar-refractivity contribution in [1.82, 2.24) is 0 Å². The van der Waals surface area contributed by atoms with Crippen LogP contribution in [-0.2, 0) is 0 Å². The number of nitrogens with zero attached hydrogens (tertiary/aromatic N) is 1. The first-order valence-electron chi connectivity index (χ1n) is 2.04. The minimum Gasteiger partial charge on any atom is -0.202 e. The zero-order valence-electron chi connectivity index (χ0n) is 4.87. The summed E-state index contributed by atoms with van der Waals surface area (Å²) in [6.45, 7) is 5.54. The van der Waals surface area contributed by atoms with Crippen LogP contribution in [0.2, 0.25) is 6.32 Å². The topological polar surface area (TPSA) is 23.8 Å². The SMILES string of the molecule is C#N.I.[B][B][B]CC. The van der Waals surface area contributed by atoms with Gasteiger partial charge in [-0.15, -0.1) is 24.0 Å². The van der Waals surface area contributed by atoms with E-state index in [1.807, 2.05) is 14.1 Å². The van der Waals surface area contributed by atoms with Gasteiger partial charge in [0, 0.05) is 21.4 Å². The predicted octanol–water partition coefficient (Wildman–Crippen LogP) is 0.589. The molecule has 0 heterocycles. The molecule has 0 unspecified atom stereocenters. The van der Waals surface area contributed by atoms with Gasteiger partial charge in [-0.05, 0) is 0 Å². The number of nitriles is 1. The highest BCUT2D eigenvalue weighted by Gasteiger charge is 1.73. The highest BCUT2D eigenvalue weighted by molar-refractivity contribution is 14.0. The molecule has 1 nitrogen and oxygen atoms in total. The van der Waals surface area contributed by atoms with Crippen LogP contribution in [-0.4, -0.2) is 22.0 Å². The lowest BCUT2D eigenvalue weighted by atomic mass is 9.27. The molecule has 0 spiro atoms. The first-order valence-corrected chi connectivity index (χ1v) is 2.04. The fourth-order valence-corrected chi connectivity index (χ4v) is 0.136. The standard InChI is InChI=1S/C2H5B3.CHN.HI/c1-2-4-5-3;1-2;/h2H2,1H3;1H;1H. The third-order valence-corrected chi connectivity index (χ3v) is 0.372. The molecule has 0 aromatic carbocycles. The molecule has 8 heavy (non-hydrogen) atoms. The molecule has 0 atom stereocenters. The van der Waals surface area contributed by atoms with E-state index in [4.69, 9.17) is 13.0 Å². The Labute approximate surface area is 71.1 Å². The summed E-state index contributed by atoms with van der Waals surface area (Å²) in [5.41, 5.74) is 0. The van der Waals surface area contributed by atoms with E-state index in [2.05, 4.69) is 6.57 Å². The predicted molar refractivity (Wildman–Crippen MR) is 49.8 cm³/mol. The Morgan fingerprint density at radius 1 is 1.62 bits per heavy atom. The number of rotatable bonds is 2. The minimum absolute atomic E-state index is 0. The molecule has 5 heteroatoms. The molecule has 0 saturated heterocycles. The quantitative estimate of drug-likeness (QED) is 0.490. The van der Waals surface area contributed by atoms with E-state index in [0.717, 1.165) is 6.32 Å². The second-order valence-corrected chi connectivity index (χ2v) is 0.836. The van der Waals surface area contributed by atoms with E-state index in [1.54, 1.807) is 7.06 Å².